The molecule has 0 bridgehead atoms. The quantitative estimate of drug-likeness (QED) is 0.566. The van der Waals surface area contributed by atoms with Crippen molar-refractivity contribution < 1.29 is 17.2 Å². The van der Waals surface area contributed by atoms with Crippen molar-refractivity contribution in [2.45, 2.75) is 18.1 Å². The minimum absolute atomic E-state index is 0.0126. The van der Waals surface area contributed by atoms with E-state index in [-0.39, 0.29) is 5.75 Å². The van der Waals surface area contributed by atoms with E-state index in [4.69, 9.17) is 0 Å². The van der Waals surface area contributed by atoms with Crippen molar-refractivity contribution in [2.24, 2.45) is 0 Å². The first-order chi connectivity index (χ1) is 13.0. The van der Waals surface area contributed by atoms with Crippen LogP contribution in [0.1, 0.15) is 28.4 Å². The third kappa shape index (κ3) is 5.01. The number of benzene rings is 3. The third-order valence-corrected chi connectivity index (χ3v) is 6.56. The zero-order valence-electron chi connectivity index (χ0n) is 14.7. The molecule has 0 unspecified atom stereocenters. The van der Waals surface area contributed by atoms with Gasteiger partial charge in [-0.15, -0.1) is 0 Å². The highest BCUT2D eigenvalue weighted by molar-refractivity contribution is 7.91. The topological polar surface area (TPSA) is 34.1 Å². The zero-order valence-corrected chi connectivity index (χ0v) is 15.5. The van der Waals surface area contributed by atoms with E-state index >= 15 is 0 Å². The number of halogens is 2. The first-order valence-corrected chi connectivity index (χ1v) is 10.4. The zero-order chi connectivity index (χ0) is 19.3. The Morgan fingerprint density at radius 3 is 1.67 bits per heavy atom. The van der Waals surface area contributed by atoms with Crippen molar-refractivity contribution in [3.63, 3.8) is 0 Å². The summed E-state index contributed by atoms with van der Waals surface area (Å²) in [4.78, 5) is 0. The lowest BCUT2D eigenvalue weighted by Crippen LogP contribution is -2.19. The fourth-order valence-electron chi connectivity index (χ4n) is 3.12. The van der Waals surface area contributed by atoms with Crippen molar-refractivity contribution in [3.8, 4) is 0 Å². The number of rotatable bonds is 7. The number of aryl methyl sites for hydroxylation is 1. The third-order valence-electron chi connectivity index (χ3n) is 4.44. The SMILES string of the molecule is O=S(=O)(CCCc1ccccc1)C(c1ccc(F)cc1)c1ccc(F)cc1. The smallest absolute Gasteiger partial charge is 0.161 e. The van der Waals surface area contributed by atoms with Crippen molar-refractivity contribution in [1.29, 1.82) is 0 Å². The summed E-state index contributed by atoms with van der Waals surface area (Å²) in [5, 5.41) is -0.950. The average molecular weight is 386 g/mol. The Labute approximate surface area is 158 Å². The molecule has 0 heterocycles. The van der Waals surface area contributed by atoms with Gasteiger partial charge in [0.25, 0.3) is 0 Å². The molecule has 0 aliphatic carbocycles. The molecule has 0 saturated carbocycles. The van der Waals surface area contributed by atoms with Crippen LogP contribution in [-0.2, 0) is 16.3 Å². The minimum atomic E-state index is -3.57. The van der Waals surface area contributed by atoms with E-state index < -0.39 is 26.7 Å². The predicted octanol–water partition coefficient (Wildman–Crippen LogP) is 5.10. The summed E-state index contributed by atoms with van der Waals surface area (Å²) < 4.78 is 52.8. The summed E-state index contributed by atoms with van der Waals surface area (Å²) in [7, 11) is -3.57. The van der Waals surface area contributed by atoms with E-state index in [1.165, 1.54) is 48.5 Å². The van der Waals surface area contributed by atoms with Crippen LogP contribution in [0, 0.1) is 11.6 Å². The standard InChI is InChI=1S/C22H20F2O2S/c23-20-12-8-18(9-13-20)22(19-10-14-21(24)15-11-19)27(25,26)16-4-7-17-5-2-1-3-6-17/h1-3,5-6,8-15,22H,4,7,16H2. The molecule has 27 heavy (non-hydrogen) atoms. The summed E-state index contributed by atoms with van der Waals surface area (Å²) in [5.41, 5.74) is 2.03. The molecule has 0 saturated heterocycles. The van der Waals surface area contributed by atoms with Crippen LogP contribution in [0.2, 0.25) is 0 Å². The monoisotopic (exact) mass is 386 g/mol. The summed E-state index contributed by atoms with van der Waals surface area (Å²) in [6.45, 7) is 0. The molecular formula is C22H20F2O2S. The predicted molar refractivity (Wildman–Crippen MR) is 103 cm³/mol. The Morgan fingerprint density at radius 2 is 1.19 bits per heavy atom. The van der Waals surface area contributed by atoms with Gasteiger partial charge in [-0.2, -0.15) is 0 Å². The summed E-state index contributed by atoms with van der Waals surface area (Å²) in [6.07, 6.45) is 1.13. The lowest BCUT2D eigenvalue weighted by molar-refractivity contribution is 0.585. The van der Waals surface area contributed by atoms with E-state index in [0.29, 0.717) is 24.0 Å². The highest BCUT2D eigenvalue weighted by Gasteiger charge is 2.28. The Kier molecular flexibility index (Phi) is 6.01. The van der Waals surface area contributed by atoms with Crippen LogP contribution in [-0.4, -0.2) is 14.2 Å². The maximum Gasteiger partial charge on any atom is 0.161 e. The molecule has 0 aliphatic rings. The van der Waals surface area contributed by atoms with Gasteiger partial charge in [-0.05, 0) is 53.8 Å². The van der Waals surface area contributed by atoms with Crippen molar-refractivity contribution >= 4 is 9.84 Å². The first kappa shape index (κ1) is 19.2. The van der Waals surface area contributed by atoms with Gasteiger partial charge in [0.1, 0.15) is 16.9 Å². The molecule has 0 N–H and O–H groups in total. The van der Waals surface area contributed by atoms with E-state index in [1.54, 1.807) is 0 Å². The Balaban J connectivity index is 1.86. The number of sulfone groups is 1. The van der Waals surface area contributed by atoms with E-state index in [1.807, 2.05) is 30.3 Å². The molecule has 0 amide bonds. The van der Waals surface area contributed by atoms with Gasteiger partial charge < -0.3 is 0 Å². The van der Waals surface area contributed by atoms with Gasteiger partial charge in [0.2, 0.25) is 0 Å². The number of hydrogen-bond donors (Lipinski definition) is 0. The fourth-order valence-corrected chi connectivity index (χ4v) is 5.05. The van der Waals surface area contributed by atoms with Gasteiger partial charge >= 0.3 is 0 Å². The Bertz CT molecular complexity index is 922. The van der Waals surface area contributed by atoms with Crippen LogP contribution in [0.3, 0.4) is 0 Å². The second-order valence-electron chi connectivity index (χ2n) is 6.44. The molecule has 2 nitrogen and oxygen atoms in total. The maximum absolute atomic E-state index is 13.3. The van der Waals surface area contributed by atoms with Gasteiger partial charge in [-0.1, -0.05) is 54.6 Å². The van der Waals surface area contributed by atoms with Gasteiger partial charge in [0.05, 0.1) is 5.75 Å². The van der Waals surface area contributed by atoms with Crippen molar-refractivity contribution in [3.05, 3.63) is 107 Å². The first-order valence-electron chi connectivity index (χ1n) is 8.72. The molecule has 0 radical (unpaired) electrons. The molecule has 5 heteroatoms. The minimum Gasteiger partial charge on any atom is -0.228 e. The molecule has 140 valence electrons. The molecule has 0 aliphatic heterocycles. The highest BCUT2D eigenvalue weighted by atomic mass is 32.2. The second kappa shape index (κ2) is 8.44. The fraction of sp³-hybridized carbons (Fsp3) is 0.182. The molecule has 3 rings (SSSR count). The van der Waals surface area contributed by atoms with Gasteiger partial charge in [0, 0.05) is 0 Å². The average Bonchev–Trinajstić information content (AvgIpc) is 2.66. The normalized spacial score (nSPS) is 11.7. The van der Waals surface area contributed by atoms with E-state index in [9.17, 15) is 17.2 Å². The molecule has 3 aromatic rings. The van der Waals surface area contributed by atoms with Crippen LogP contribution in [0.5, 0.6) is 0 Å². The van der Waals surface area contributed by atoms with Gasteiger partial charge in [0.15, 0.2) is 9.84 Å². The largest absolute Gasteiger partial charge is 0.228 e. The van der Waals surface area contributed by atoms with E-state index in [2.05, 4.69) is 0 Å². The summed E-state index contributed by atoms with van der Waals surface area (Å²) >= 11 is 0. The van der Waals surface area contributed by atoms with Crippen LogP contribution < -0.4 is 0 Å². The molecule has 0 aromatic heterocycles. The van der Waals surface area contributed by atoms with Crippen LogP contribution in [0.4, 0.5) is 8.78 Å². The second-order valence-corrected chi connectivity index (χ2v) is 8.64. The Morgan fingerprint density at radius 1 is 0.704 bits per heavy atom. The molecular weight excluding hydrogens is 366 g/mol. The van der Waals surface area contributed by atoms with Gasteiger partial charge in [-0.3, -0.25) is 0 Å². The van der Waals surface area contributed by atoms with E-state index in [0.717, 1.165) is 5.56 Å². The molecule has 3 aromatic carbocycles. The molecule has 0 spiro atoms. The highest BCUT2D eigenvalue weighted by Crippen LogP contribution is 2.32. The van der Waals surface area contributed by atoms with Crippen molar-refractivity contribution in [1.82, 2.24) is 0 Å². The van der Waals surface area contributed by atoms with Gasteiger partial charge in [-0.25, -0.2) is 17.2 Å². The lowest BCUT2D eigenvalue weighted by Gasteiger charge is -2.19. The summed E-state index contributed by atoms with van der Waals surface area (Å²) in [5.74, 6) is -0.877. The van der Waals surface area contributed by atoms with Crippen LogP contribution in [0.15, 0.2) is 78.9 Å². The van der Waals surface area contributed by atoms with Crippen LogP contribution >= 0.6 is 0 Å². The van der Waals surface area contributed by atoms with Crippen molar-refractivity contribution in [2.75, 3.05) is 5.75 Å². The Hall–Kier alpha value is -2.53. The number of hydrogen-bond acceptors (Lipinski definition) is 2. The lowest BCUT2D eigenvalue weighted by atomic mass is 10.0. The molecule has 0 atom stereocenters. The van der Waals surface area contributed by atoms with Crippen LogP contribution in [0.25, 0.3) is 0 Å². The summed E-state index contributed by atoms with van der Waals surface area (Å²) in [6, 6.07) is 20.5. The molecule has 0 fully saturated rings. The maximum atomic E-state index is 13.3.